The number of rotatable bonds is 5. The summed E-state index contributed by atoms with van der Waals surface area (Å²) in [6.45, 7) is 6.00. The number of hydrogen-bond acceptors (Lipinski definition) is 4. The molecule has 0 aromatic heterocycles. The molecule has 1 aliphatic heterocycles. The SMILES string of the molecule is CCC(O)CN1CCN(C(=O)COC)CC1. The molecule has 0 radical (unpaired) electrons. The van der Waals surface area contributed by atoms with Crippen molar-refractivity contribution in [1.29, 1.82) is 0 Å². The molecule has 1 fully saturated rings. The molecule has 0 aromatic rings. The van der Waals surface area contributed by atoms with Crippen LogP contribution in [-0.2, 0) is 9.53 Å². The van der Waals surface area contributed by atoms with Gasteiger partial charge in [-0.15, -0.1) is 0 Å². The van der Waals surface area contributed by atoms with Crippen molar-refractivity contribution in [3.63, 3.8) is 0 Å². The van der Waals surface area contributed by atoms with E-state index >= 15 is 0 Å². The highest BCUT2D eigenvalue weighted by Gasteiger charge is 2.21. The predicted octanol–water partition coefficient (Wildman–Crippen LogP) is -0.452. The van der Waals surface area contributed by atoms with Crippen molar-refractivity contribution in [1.82, 2.24) is 9.80 Å². The Hall–Kier alpha value is -0.650. The minimum Gasteiger partial charge on any atom is -0.392 e. The molecule has 1 amide bonds. The summed E-state index contributed by atoms with van der Waals surface area (Å²) in [5.41, 5.74) is 0. The molecule has 5 heteroatoms. The van der Waals surface area contributed by atoms with E-state index in [0.29, 0.717) is 6.54 Å². The fourth-order valence-corrected chi connectivity index (χ4v) is 1.82. The molecule has 1 atom stereocenters. The van der Waals surface area contributed by atoms with Crippen LogP contribution >= 0.6 is 0 Å². The predicted molar refractivity (Wildman–Crippen MR) is 61.2 cm³/mol. The van der Waals surface area contributed by atoms with Gasteiger partial charge in [0.1, 0.15) is 6.61 Å². The Bertz CT molecular complexity index is 215. The third-order valence-electron chi connectivity index (χ3n) is 2.93. The monoisotopic (exact) mass is 230 g/mol. The van der Waals surface area contributed by atoms with Crippen LogP contribution in [-0.4, -0.2) is 73.4 Å². The number of aliphatic hydroxyl groups excluding tert-OH is 1. The highest BCUT2D eigenvalue weighted by Crippen LogP contribution is 2.04. The van der Waals surface area contributed by atoms with Crippen molar-refractivity contribution in [3.05, 3.63) is 0 Å². The Labute approximate surface area is 97.0 Å². The van der Waals surface area contributed by atoms with Gasteiger partial charge < -0.3 is 14.7 Å². The summed E-state index contributed by atoms with van der Waals surface area (Å²) in [6, 6.07) is 0. The van der Waals surface area contributed by atoms with E-state index in [2.05, 4.69) is 4.90 Å². The van der Waals surface area contributed by atoms with Crippen LogP contribution in [0.15, 0.2) is 0 Å². The summed E-state index contributed by atoms with van der Waals surface area (Å²) in [6.07, 6.45) is 0.532. The van der Waals surface area contributed by atoms with Gasteiger partial charge in [0, 0.05) is 39.8 Å². The van der Waals surface area contributed by atoms with E-state index in [-0.39, 0.29) is 18.6 Å². The third kappa shape index (κ3) is 4.08. The van der Waals surface area contributed by atoms with E-state index in [1.54, 1.807) is 0 Å². The van der Waals surface area contributed by atoms with E-state index in [9.17, 15) is 9.90 Å². The average Bonchev–Trinajstić information content (AvgIpc) is 2.30. The highest BCUT2D eigenvalue weighted by atomic mass is 16.5. The summed E-state index contributed by atoms with van der Waals surface area (Å²) in [7, 11) is 1.53. The lowest BCUT2D eigenvalue weighted by Crippen LogP contribution is -2.51. The molecule has 5 nitrogen and oxygen atoms in total. The summed E-state index contributed by atoms with van der Waals surface area (Å²) in [5, 5.41) is 9.53. The molecule has 1 heterocycles. The Morgan fingerprint density at radius 1 is 1.38 bits per heavy atom. The lowest BCUT2D eigenvalue weighted by molar-refractivity contribution is -0.137. The normalized spacial score (nSPS) is 19.8. The first-order valence-electron chi connectivity index (χ1n) is 5.84. The molecule has 0 aromatic carbocycles. The van der Waals surface area contributed by atoms with Gasteiger partial charge in [0.2, 0.25) is 5.91 Å². The number of methoxy groups -OCH3 is 1. The zero-order chi connectivity index (χ0) is 12.0. The van der Waals surface area contributed by atoms with Crippen molar-refractivity contribution in [2.24, 2.45) is 0 Å². The van der Waals surface area contributed by atoms with Gasteiger partial charge in [-0.25, -0.2) is 0 Å². The third-order valence-corrected chi connectivity index (χ3v) is 2.93. The van der Waals surface area contributed by atoms with Crippen molar-refractivity contribution in [2.75, 3.05) is 46.4 Å². The zero-order valence-electron chi connectivity index (χ0n) is 10.2. The molecular formula is C11H22N2O3. The van der Waals surface area contributed by atoms with Crippen LogP contribution in [0.5, 0.6) is 0 Å². The molecule has 0 spiro atoms. The second kappa shape index (κ2) is 6.83. The molecule has 16 heavy (non-hydrogen) atoms. The van der Waals surface area contributed by atoms with Gasteiger partial charge in [0.15, 0.2) is 0 Å². The van der Waals surface area contributed by atoms with E-state index in [4.69, 9.17) is 4.74 Å². The van der Waals surface area contributed by atoms with Crippen molar-refractivity contribution in [3.8, 4) is 0 Å². The first-order valence-corrected chi connectivity index (χ1v) is 5.84. The largest absolute Gasteiger partial charge is 0.392 e. The zero-order valence-corrected chi connectivity index (χ0v) is 10.2. The average molecular weight is 230 g/mol. The lowest BCUT2D eigenvalue weighted by atomic mass is 10.2. The molecule has 1 aliphatic rings. The molecule has 1 rings (SSSR count). The van der Waals surface area contributed by atoms with E-state index in [1.807, 2.05) is 11.8 Å². The van der Waals surface area contributed by atoms with Crippen LogP contribution in [0.4, 0.5) is 0 Å². The van der Waals surface area contributed by atoms with E-state index in [1.165, 1.54) is 7.11 Å². The maximum absolute atomic E-state index is 11.5. The molecule has 0 saturated carbocycles. The second-order valence-electron chi connectivity index (χ2n) is 4.18. The number of carbonyl (C=O) groups excluding carboxylic acids is 1. The van der Waals surface area contributed by atoms with Crippen LogP contribution in [0.3, 0.4) is 0 Å². The Balaban J connectivity index is 2.25. The number of hydrogen-bond donors (Lipinski definition) is 1. The van der Waals surface area contributed by atoms with Crippen molar-refractivity contribution in [2.45, 2.75) is 19.4 Å². The second-order valence-corrected chi connectivity index (χ2v) is 4.18. The molecular weight excluding hydrogens is 208 g/mol. The van der Waals surface area contributed by atoms with Crippen molar-refractivity contribution >= 4 is 5.91 Å². The minimum absolute atomic E-state index is 0.0539. The van der Waals surface area contributed by atoms with Crippen LogP contribution in [0.2, 0.25) is 0 Å². The van der Waals surface area contributed by atoms with Gasteiger partial charge in [0.05, 0.1) is 6.10 Å². The fraction of sp³-hybridized carbons (Fsp3) is 0.909. The lowest BCUT2D eigenvalue weighted by Gasteiger charge is -2.35. The fourth-order valence-electron chi connectivity index (χ4n) is 1.82. The smallest absolute Gasteiger partial charge is 0.248 e. The van der Waals surface area contributed by atoms with Crippen molar-refractivity contribution < 1.29 is 14.6 Å². The first-order chi connectivity index (χ1) is 7.67. The maximum atomic E-state index is 11.5. The van der Waals surface area contributed by atoms with Crippen LogP contribution in [0, 0.1) is 0 Å². The molecule has 0 bridgehead atoms. The minimum atomic E-state index is -0.249. The molecule has 94 valence electrons. The van der Waals surface area contributed by atoms with Crippen LogP contribution in [0.1, 0.15) is 13.3 Å². The number of β-amino-alcohol motifs (C(OH)–C–C–N with tert-alkyl or cyclic N) is 1. The summed E-state index contributed by atoms with van der Waals surface area (Å²) in [5.74, 6) is 0.0539. The van der Waals surface area contributed by atoms with Gasteiger partial charge >= 0.3 is 0 Å². The molecule has 1 unspecified atom stereocenters. The standard InChI is InChI=1S/C11H22N2O3/c1-3-10(14)8-12-4-6-13(7-5-12)11(15)9-16-2/h10,14H,3-9H2,1-2H3. The Morgan fingerprint density at radius 3 is 2.50 bits per heavy atom. The summed E-state index contributed by atoms with van der Waals surface area (Å²) < 4.78 is 4.82. The number of piperazine rings is 1. The molecule has 1 N–H and O–H groups in total. The van der Waals surface area contributed by atoms with Gasteiger partial charge in [-0.2, -0.15) is 0 Å². The van der Waals surface area contributed by atoms with Gasteiger partial charge in [-0.05, 0) is 6.42 Å². The number of carbonyl (C=O) groups is 1. The molecule has 0 aliphatic carbocycles. The number of aliphatic hydroxyl groups is 1. The van der Waals surface area contributed by atoms with Crippen LogP contribution in [0.25, 0.3) is 0 Å². The van der Waals surface area contributed by atoms with E-state index < -0.39 is 0 Å². The Kier molecular flexibility index (Phi) is 5.73. The molecule has 1 saturated heterocycles. The highest BCUT2D eigenvalue weighted by molar-refractivity contribution is 5.77. The topological polar surface area (TPSA) is 53.0 Å². The van der Waals surface area contributed by atoms with Gasteiger partial charge in [0.25, 0.3) is 0 Å². The van der Waals surface area contributed by atoms with Gasteiger partial charge in [-0.1, -0.05) is 6.92 Å². The van der Waals surface area contributed by atoms with Crippen LogP contribution < -0.4 is 0 Å². The Morgan fingerprint density at radius 2 is 2.00 bits per heavy atom. The maximum Gasteiger partial charge on any atom is 0.248 e. The quantitative estimate of drug-likeness (QED) is 0.695. The first kappa shape index (κ1) is 13.4. The summed E-state index contributed by atoms with van der Waals surface area (Å²) in [4.78, 5) is 15.5. The summed E-state index contributed by atoms with van der Waals surface area (Å²) >= 11 is 0. The number of amides is 1. The van der Waals surface area contributed by atoms with E-state index in [0.717, 1.165) is 32.6 Å². The number of ether oxygens (including phenoxy) is 1. The number of nitrogens with zero attached hydrogens (tertiary/aromatic N) is 2. The van der Waals surface area contributed by atoms with Gasteiger partial charge in [-0.3, -0.25) is 9.69 Å².